The first-order valence-corrected chi connectivity index (χ1v) is 21.1. The van der Waals surface area contributed by atoms with Gasteiger partial charge in [-0.3, -0.25) is 0 Å². The fraction of sp³-hybridized carbons (Fsp3) is 0.127. The van der Waals surface area contributed by atoms with Gasteiger partial charge in [-0.2, -0.15) is 0 Å². The first kappa shape index (κ1) is 35.2. The summed E-state index contributed by atoms with van der Waals surface area (Å²) in [4.78, 5) is 0. The SMILES string of the molecule is CC.Cc1c(C(C)(C)c2ccccc2)ccc2c1sc1c(-c3ccc(-n4c5ccccc5c5cc(-c6ccc7c(c6)-c6ccccc6C7)ccc54)cc3)cccc12. The predicted molar refractivity (Wildman–Crippen MR) is 247 cm³/mol. The van der Waals surface area contributed by atoms with Gasteiger partial charge >= 0.3 is 0 Å². The summed E-state index contributed by atoms with van der Waals surface area (Å²) in [7, 11) is 0. The summed E-state index contributed by atoms with van der Waals surface area (Å²) in [5.41, 5.74) is 18.3. The zero-order valence-corrected chi connectivity index (χ0v) is 34.0. The van der Waals surface area contributed by atoms with Gasteiger partial charge in [-0.1, -0.05) is 161 Å². The molecule has 11 rings (SSSR count). The molecule has 1 aliphatic rings. The van der Waals surface area contributed by atoms with Crippen LogP contribution in [-0.2, 0) is 11.8 Å². The highest BCUT2D eigenvalue weighted by Gasteiger charge is 2.27. The lowest BCUT2D eigenvalue weighted by Gasteiger charge is -2.28. The summed E-state index contributed by atoms with van der Waals surface area (Å²) < 4.78 is 5.16. The molecular formula is C55H45NS. The molecule has 0 N–H and O–H groups in total. The molecule has 0 amide bonds. The minimum absolute atomic E-state index is 0.0861. The molecule has 0 aliphatic heterocycles. The van der Waals surface area contributed by atoms with Gasteiger partial charge in [0.25, 0.3) is 0 Å². The molecule has 0 radical (unpaired) electrons. The van der Waals surface area contributed by atoms with Gasteiger partial charge in [0.1, 0.15) is 0 Å². The van der Waals surface area contributed by atoms with Crippen molar-refractivity contribution in [1.29, 1.82) is 0 Å². The lowest BCUT2D eigenvalue weighted by molar-refractivity contribution is 0.637. The quantitative estimate of drug-likeness (QED) is 0.165. The summed E-state index contributed by atoms with van der Waals surface area (Å²) in [6.45, 7) is 11.0. The van der Waals surface area contributed by atoms with Gasteiger partial charge in [-0.15, -0.1) is 11.3 Å². The van der Waals surface area contributed by atoms with Gasteiger partial charge in [-0.05, 0) is 111 Å². The number of aromatic nitrogens is 1. The van der Waals surface area contributed by atoms with Crippen molar-refractivity contribution in [3.63, 3.8) is 0 Å². The van der Waals surface area contributed by atoms with Crippen LogP contribution in [0.15, 0.2) is 170 Å². The number of hydrogen-bond acceptors (Lipinski definition) is 1. The normalized spacial score (nSPS) is 12.2. The molecule has 0 unspecified atom stereocenters. The van der Waals surface area contributed by atoms with Gasteiger partial charge in [0.15, 0.2) is 0 Å². The summed E-state index contributed by atoms with van der Waals surface area (Å²) in [5.74, 6) is 0. The Kier molecular flexibility index (Phi) is 8.50. The van der Waals surface area contributed by atoms with E-state index < -0.39 is 0 Å². The maximum Gasteiger partial charge on any atom is 0.0541 e. The molecule has 2 heterocycles. The molecule has 2 aromatic heterocycles. The maximum absolute atomic E-state index is 2.43. The van der Waals surface area contributed by atoms with Crippen molar-refractivity contribution in [1.82, 2.24) is 4.57 Å². The standard InChI is InChI=1S/C53H39NS.C2H6/c1-33-48(53(2,3)39-13-5-4-6-14-39)28-27-45-44-18-11-17-42(52(44)55-51(33)45)34-22-25-40(26-23-34)54-49-19-10-9-16-43(49)47-32-36(24-29-50(47)54)35-20-21-38-30-37-12-7-8-15-41(37)46(38)31-35;1-2/h4-29,31-32H,30H2,1-3H3;1-2H3. The molecule has 1 aliphatic carbocycles. The molecule has 0 bridgehead atoms. The van der Waals surface area contributed by atoms with Gasteiger partial charge in [0.2, 0.25) is 0 Å². The first-order valence-electron chi connectivity index (χ1n) is 20.3. The minimum Gasteiger partial charge on any atom is -0.309 e. The van der Waals surface area contributed by atoms with E-state index in [-0.39, 0.29) is 5.41 Å². The number of para-hydroxylation sites is 1. The third kappa shape index (κ3) is 5.57. The second-order valence-corrected chi connectivity index (χ2v) is 16.7. The molecule has 10 aromatic rings. The van der Waals surface area contributed by atoms with Crippen LogP contribution in [0.2, 0.25) is 0 Å². The number of thiophene rings is 1. The van der Waals surface area contributed by atoms with Crippen molar-refractivity contribution < 1.29 is 0 Å². The molecule has 0 saturated carbocycles. The van der Waals surface area contributed by atoms with Crippen molar-refractivity contribution in [2.45, 2.75) is 46.5 Å². The van der Waals surface area contributed by atoms with Crippen LogP contribution < -0.4 is 0 Å². The van der Waals surface area contributed by atoms with Crippen molar-refractivity contribution >= 4 is 53.3 Å². The number of fused-ring (bicyclic) bond motifs is 9. The second-order valence-electron chi connectivity index (χ2n) is 15.7. The third-order valence-corrected chi connectivity index (χ3v) is 13.7. The Morgan fingerprint density at radius 3 is 1.95 bits per heavy atom. The molecule has 0 saturated heterocycles. The minimum atomic E-state index is -0.0861. The fourth-order valence-electron chi connectivity index (χ4n) is 9.44. The predicted octanol–water partition coefficient (Wildman–Crippen LogP) is 15.7. The smallest absolute Gasteiger partial charge is 0.0541 e. The molecule has 276 valence electrons. The molecule has 8 aromatic carbocycles. The molecule has 57 heavy (non-hydrogen) atoms. The Hall–Kier alpha value is -6.22. The highest BCUT2D eigenvalue weighted by molar-refractivity contribution is 7.26. The number of nitrogens with zero attached hydrogens (tertiary/aromatic N) is 1. The zero-order valence-electron chi connectivity index (χ0n) is 33.2. The van der Waals surface area contributed by atoms with Crippen LogP contribution >= 0.6 is 11.3 Å². The lowest BCUT2D eigenvalue weighted by atomic mass is 9.76. The lowest BCUT2D eigenvalue weighted by Crippen LogP contribution is -2.20. The van der Waals surface area contributed by atoms with Crippen LogP contribution in [0.1, 0.15) is 55.5 Å². The van der Waals surface area contributed by atoms with Crippen LogP contribution in [0.5, 0.6) is 0 Å². The molecule has 1 nitrogen and oxygen atoms in total. The van der Waals surface area contributed by atoms with E-state index in [1.807, 2.05) is 25.2 Å². The van der Waals surface area contributed by atoms with Crippen LogP contribution in [0.4, 0.5) is 0 Å². The zero-order chi connectivity index (χ0) is 38.8. The van der Waals surface area contributed by atoms with Crippen molar-refractivity contribution in [2.24, 2.45) is 0 Å². The number of hydrogen-bond donors (Lipinski definition) is 0. The third-order valence-electron chi connectivity index (χ3n) is 12.3. The van der Waals surface area contributed by atoms with E-state index in [0.29, 0.717) is 0 Å². The Morgan fingerprint density at radius 2 is 1.11 bits per heavy atom. The highest BCUT2D eigenvalue weighted by Crippen LogP contribution is 2.45. The van der Waals surface area contributed by atoms with E-state index >= 15 is 0 Å². The largest absolute Gasteiger partial charge is 0.309 e. The Bertz CT molecular complexity index is 3140. The summed E-state index contributed by atoms with van der Waals surface area (Å²) >= 11 is 1.94. The Morgan fingerprint density at radius 1 is 0.474 bits per heavy atom. The average molecular weight is 752 g/mol. The van der Waals surface area contributed by atoms with Crippen molar-refractivity contribution in [2.75, 3.05) is 0 Å². The monoisotopic (exact) mass is 751 g/mol. The van der Waals surface area contributed by atoms with Crippen LogP contribution in [0.25, 0.3) is 81.0 Å². The topological polar surface area (TPSA) is 4.93 Å². The van der Waals surface area contributed by atoms with Crippen molar-refractivity contribution in [3.05, 3.63) is 198 Å². The first-order chi connectivity index (χ1) is 27.9. The fourth-order valence-corrected chi connectivity index (χ4v) is 10.8. The van der Waals surface area contributed by atoms with Crippen LogP contribution in [0.3, 0.4) is 0 Å². The Labute approximate surface area is 339 Å². The highest BCUT2D eigenvalue weighted by atomic mass is 32.1. The van der Waals surface area contributed by atoms with E-state index in [1.54, 1.807) is 0 Å². The van der Waals surface area contributed by atoms with Crippen molar-refractivity contribution in [3.8, 4) is 39.1 Å². The van der Waals surface area contributed by atoms with Gasteiger partial charge in [0, 0.05) is 42.0 Å². The Balaban J connectivity index is 0.00000195. The molecule has 0 atom stereocenters. The number of benzene rings is 8. The van der Waals surface area contributed by atoms with E-state index in [1.165, 1.54) is 109 Å². The summed E-state index contributed by atoms with van der Waals surface area (Å²) in [6.07, 6.45) is 1.02. The van der Waals surface area contributed by atoms with E-state index in [4.69, 9.17) is 0 Å². The number of rotatable bonds is 5. The van der Waals surface area contributed by atoms with E-state index in [2.05, 4.69) is 195 Å². The second kappa shape index (κ2) is 13.8. The molecule has 0 fully saturated rings. The van der Waals surface area contributed by atoms with Gasteiger partial charge in [0.05, 0.1) is 11.0 Å². The van der Waals surface area contributed by atoms with Gasteiger partial charge < -0.3 is 4.57 Å². The molecule has 0 spiro atoms. The van der Waals surface area contributed by atoms with Crippen LogP contribution in [0, 0.1) is 6.92 Å². The summed E-state index contributed by atoms with van der Waals surface area (Å²) in [5, 5.41) is 5.23. The number of aryl methyl sites for hydroxylation is 1. The van der Waals surface area contributed by atoms with Crippen LogP contribution in [-0.4, -0.2) is 4.57 Å². The average Bonchev–Trinajstić information content (AvgIpc) is 3.94. The molecule has 2 heteroatoms. The molecular weight excluding hydrogens is 707 g/mol. The summed E-state index contributed by atoms with van der Waals surface area (Å²) in [6, 6.07) is 63.3. The maximum atomic E-state index is 2.43. The van der Waals surface area contributed by atoms with E-state index in [9.17, 15) is 0 Å². The van der Waals surface area contributed by atoms with Gasteiger partial charge in [-0.25, -0.2) is 0 Å². The van der Waals surface area contributed by atoms with E-state index in [0.717, 1.165) is 6.42 Å².